The maximum atomic E-state index is 12.5. The molecule has 12 heteroatoms. The second kappa shape index (κ2) is 7.04. The van der Waals surface area contributed by atoms with Crippen molar-refractivity contribution in [1.29, 1.82) is 0 Å². The maximum Gasteiger partial charge on any atom is 0.416 e. The molecule has 0 bridgehead atoms. The van der Waals surface area contributed by atoms with Crippen LogP contribution in [0.3, 0.4) is 0 Å². The molecule has 0 spiro atoms. The van der Waals surface area contributed by atoms with Crippen molar-refractivity contribution in [3.63, 3.8) is 0 Å². The third-order valence-electron chi connectivity index (χ3n) is 3.21. The molecule has 0 radical (unpaired) electrons. The SMILES string of the molecule is O=[N+]([O-])c1ccc(Oc2ccc(C(F)(F)F)cc2)c(C(O)P(=O)(O)O)c1. The summed E-state index contributed by atoms with van der Waals surface area (Å²) in [6.45, 7) is 0. The fourth-order valence-electron chi connectivity index (χ4n) is 1.96. The lowest BCUT2D eigenvalue weighted by atomic mass is 10.1. The van der Waals surface area contributed by atoms with Crippen molar-refractivity contribution in [3.8, 4) is 11.5 Å². The number of hydrogen-bond donors (Lipinski definition) is 3. The van der Waals surface area contributed by atoms with Gasteiger partial charge in [0.15, 0.2) is 5.85 Å². The average Bonchev–Trinajstić information content (AvgIpc) is 2.53. The summed E-state index contributed by atoms with van der Waals surface area (Å²) < 4.78 is 54.1. The van der Waals surface area contributed by atoms with Gasteiger partial charge in [-0.1, -0.05) is 0 Å². The Kier molecular flexibility index (Phi) is 5.38. The summed E-state index contributed by atoms with van der Waals surface area (Å²) in [5.74, 6) is -2.90. The van der Waals surface area contributed by atoms with Crippen LogP contribution >= 0.6 is 7.60 Å². The van der Waals surface area contributed by atoms with Gasteiger partial charge in [0, 0.05) is 17.7 Å². The number of halogens is 3. The number of benzene rings is 2. The van der Waals surface area contributed by atoms with E-state index in [0.717, 1.165) is 36.4 Å². The van der Waals surface area contributed by atoms with Gasteiger partial charge in [0.2, 0.25) is 0 Å². The van der Waals surface area contributed by atoms with Gasteiger partial charge in [0.25, 0.3) is 5.69 Å². The van der Waals surface area contributed by atoms with Crippen LogP contribution in [0, 0.1) is 10.1 Å². The Morgan fingerprint density at radius 3 is 2.15 bits per heavy atom. The van der Waals surface area contributed by atoms with Gasteiger partial charge in [-0.3, -0.25) is 14.7 Å². The fraction of sp³-hybridized carbons (Fsp3) is 0.143. The molecule has 2 rings (SSSR count). The molecule has 0 aliphatic rings. The molecule has 0 aliphatic heterocycles. The number of ether oxygens (including phenoxy) is 1. The topological polar surface area (TPSA) is 130 Å². The number of nitro groups is 1. The lowest BCUT2D eigenvalue weighted by molar-refractivity contribution is -0.385. The molecule has 26 heavy (non-hydrogen) atoms. The molecule has 8 nitrogen and oxygen atoms in total. The number of aliphatic hydroxyl groups is 1. The third kappa shape index (κ3) is 4.58. The summed E-state index contributed by atoms with van der Waals surface area (Å²) in [6, 6.07) is 6.00. The van der Waals surface area contributed by atoms with Crippen molar-refractivity contribution in [1.82, 2.24) is 0 Å². The van der Waals surface area contributed by atoms with E-state index in [4.69, 9.17) is 14.5 Å². The minimum Gasteiger partial charge on any atom is -0.457 e. The summed E-state index contributed by atoms with van der Waals surface area (Å²) in [5.41, 5.74) is -2.08. The van der Waals surface area contributed by atoms with Gasteiger partial charge in [0.05, 0.1) is 10.5 Å². The molecule has 0 heterocycles. The van der Waals surface area contributed by atoms with Crippen LogP contribution in [-0.2, 0) is 10.7 Å². The zero-order valence-corrected chi connectivity index (χ0v) is 13.5. The largest absolute Gasteiger partial charge is 0.457 e. The molecule has 3 N–H and O–H groups in total. The fourth-order valence-corrected chi connectivity index (χ4v) is 2.53. The van der Waals surface area contributed by atoms with E-state index in [1.807, 2.05) is 0 Å². The normalized spacial score (nSPS) is 13.3. The first-order valence-corrected chi connectivity index (χ1v) is 8.44. The Labute approximate surface area is 143 Å². The molecule has 2 aromatic rings. The Balaban J connectivity index is 2.42. The number of hydrogen-bond acceptors (Lipinski definition) is 5. The van der Waals surface area contributed by atoms with Crippen molar-refractivity contribution in [2.45, 2.75) is 12.0 Å². The minimum absolute atomic E-state index is 0.133. The lowest BCUT2D eigenvalue weighted by Gasteiger charge is -2.17. The molecule has 1 unspecified atom stereocenters. The molecular weight excluding hydrogens is 382 g/mol. The smallest absolute Gasteiger partial charge is 0.416 e. The zero-order valence-electron chi connectivity index (χ0n) is 12.6. The molecule has 0 fully saturated rings. The van der Waals surface area contributed by atoms with Crippen LogP contribution in [0.25, 0.3) is 0 Å². The molecule has 0 saturated carbocycles. The first-order chi connectivity index (χ1) is 11.9. The maximum absolute atomic E-state index is 12.5. The Morgan fingerprint density at radius 1 is 1.12 bits per heavy atom. The number of alkyl halides is 3. The van der Waals surface area contributed by atoms with Crippen LogP contribution in [0.2, 0.25) is 0 Å². The molecule has 0 amide bonds. The highest BCUT2D eigenvalue weighted by Gasteiger charge is 2.33. The number of nitrogens with zero attached hydrogens (tertiary/aromatic N) is 1. The van der Waals surface area contributed by atoms with Crippen LogP contribution in [0.5, 0.6) is 11.5 Å². The predicted octanol–water partition coefficient (Wildman–Crippen LogP) is 3.57. The number of aliphatic hydroxyl groups excluding tert-OH is 1. The van der Waals surface area contributed by atoms with Gasteiger partial charge in [0.1, 0.15) is 11.5 Å². The average molecular weight is 393 g/mol. The summed E-state index contributed by atoms with van der Waals surface area (Å²) >= 11 is 0. The van der Waals surface area contributed by atoms with Crippen LogP contribution in [0.15, 0.2) is 42.5 Å². The van der Waals surface area contributed by atoms with Gasteiger partial charge in [-0.2, -0.15) is 13.2 Å². The van der Waals surface area contributed by atoms with Crippen LogP contribution in [-0.4, -0.2) is 19.8 Å². The molecule has 2 aromatic carbocycles. The van der Waals surface area contributed by atoms with Gasteiger partial charge in [-0.15, -0.1) is 0 Å². The Morgan fingerprint density at radius 2 is 1.69 bits per heavy atom. The molecule has 0 aromatic heterocycles. The van der Waals surface area contributed by atoms with Crippen LogP contribution in [0.4, 0.5) is 18.9 Å². The Hall–Kier alpha value is -2.46. The predicted molar refractivity (Wildman–Crippen MR) is 81.6 cm³/mol. The van der Waals surface area contributed by atoms with E-state index in [1.54, 1.807) is 0 Å². The third-order valence-corrected chi connectivity index (χ3v) is 4.13. The van der Waals surface area contributed by atoms with E-state index in [1.165, 1.54) is 0 Å². The van der Waals surface area contributed by atoms with E-state index in [0.29, 0.717) is 6.07 Å². The highest BCUT2D eigenvalue weighted by Crippen LogP contribution is 2.52. The van der Waals surface area contributed by atoms with E-state index >= 15 is 0 Å². The first kappa shape index (κ1) is 19.9. The minimum atomic E-state index is -5.09. The van der Waals surface area contributed by atoms with Gasteiger partial charge in [-0.05, 0) is 30.3 Å². The van der Waals surface area contributed by atoms with Crippen molar-refractivity contribution < 1.29 is 42.3 Å². The second-order valence-corrected chi connectivity index (χ2v) is 6.73. The van der Waals surface area contributed by atoms with Gasteiger partial charge < -0.3 is 19.6 Å². The van der Waals surface area contributed by atoms with Crippen LogP contribution in [0.1, 0.15) is 17.0 Å². The van der Waals surface area contributed by atoms with Gasteiger partial charge >= 0.3 is 13.8 Å². The summed E-state index contributed by atoms with van der Waals surface area (Å²) in [6.07, 6.45) is -4.56. The molecule has 140 valence electrons. The summed E-state index contributed by atoms with van der Waals surface area (Å²) in [4.78, 5) is 28.2. The second-order valence-electron chi connectivity index (χ2n) is 5.07. The highest BCUT2D eigenvalue weighted by atomic mass is 31.2. The van der Waals surface area contributed by atoms with E-state index in [2.05, 4.69) is 0 Å². The monoisotopic (exact) mass is 393 g/mol. The lowest BCUT2D eigenvalue weighted by Crippen LogP contribution is -2.04. The summed E-state index contributed by atoms with van der Waals surface area (Å²) in [5, 5.41) is 20.6. The first-order valence-electron chi connectivity index (χ1n) is 6.76. The standard InChI is InChI=1S/C14H11F3NO7P/c15-14(16,17)8-1-4-10(5-2-8)25-12-6-3-9(18(20)21)7-11(12)13(19)26(22,23)24/h1-7,13,19H,(H2,22,23,24). The van der Waals surface area contributed by atoms with Crippen molar-refractivity contribution >= 4 is 13.3 Å². The molecule has 0 saturated heterocycles. The van der Waals surface area contributed by atoms with Gasteiger partial charge in [-0.25, -0.2) is 0 Å². The zero-order chi connectivity index (χ0) is 19.7. The highest BCUT2D eigenvalue weighted by molar-refractivity contribution is 7.51. The number of non-ortho nitro benzene ring substituents is 1. The van der Waals surface area contributed by atoms with E-state index in [9.17, 15) is 33.0 Å². The van der Waals surface area contributed by atoms with Crippen molar-refractivity contribution in [2.75, 3.05) is 0 Å². The molecule has 0 aliphatic carbocycles. The molecule has 1 atom stereocenters. The Bertz CT molecular complexity index is 864. The van der Waals surface area contributed by atoms with Crippen molar-refractivity contribution in [2.24, 2.45) is 0 Å². The van der Waals surface area contributed by atoms with Crippen LogP contribution < -0.4 is 4.74 Å². The molecular formula is C14H11F3NO7P. The van der Waals surface area contributed by atoms with E-state index < -0.39 is 41.4 Å². The number of rotatable bonds is 5. The van der Waals surface area contributed by atoms with Crippen molar-refractivity contribution in [3.05, 3.63) is 63.7 Å². The summed E-state index contributed by atoms with van der Waals surface area (Å²) in [7, 11) is -5.09. The number of nitro benzene ring substituents is 1. The van der Waals surface area contributed by atoms with E-state index in [-0.39, 0.29) is 11.5 Å². The quantitative estimate of drug-likeness (QED) is 0.402.